The fraction of sp³-hybridized carbons (Fsp3) is 0.556. The van der Waals surface area contributed by atoms with E-state index >= 15 is 0 Å². The summed E-state index contributed by atoms with van der Waals surface area (Å²) in [6.45, 7) is 4.63. The molecule has 2 aliphatic rings. The van der Waals surface area contributed by atoms with Gasteiger partial charge in [0, 0.05) is 19.0 Å². The van der Waals surface area contributed by atoms with Crippen LogP contribution >= 0.6 is 23.2 Å². The van der Waals surface area contributed by atoms with E-state index in [2.05, 4.69) is 0 Å². The Morgan fingerprint density at radius 1 is 1.33 bits per heavy atom. The molecule has 1 N–H and O–H groups in total. The Morgan fingerprint density at radius 2 is 2.04 bits per heavy atom. The van der Waals surface area contributed by atoms with E-state index in [1.165, 1.54) is 0 Å². The van der Waals surface area contributed by atoms with E-state index in [1.807, 2.05) is 26.0 Å². The van der Waals surface area contributed by atoms with Crippen molar-refractivity contribution in [2.24, 2.45) is 17.3 Å². The van der Waals surface area contributed by atoms with Gasteiger partial charge in [0.2, 0.25) is 5.91 Å². The van der Waals surface area contributed by atoms with Gasteiger partial charge in [-0.1, -0.05) is 49.2 Å². The van der Waals surface area contributed by atoms with Crippen LogP contribution in [-0.4, -0.2) is 35.0 Å². The minimum Gasteiger partial charge on any atom is -0.481 e. The molecule has 1 heterocycles. The number of nitrogens with zero attached hydrogens (tertiary/aromatic N) is 1. The predicted octanol–water partition coefficient (Wildman–Crippen LogP) is 4.06. The number of hydrogen-bond donors (Lipinski definition) is 1. The summed E-state index contributed by atoms with van der Waals surface area (Å²) in [5, 5.41) is 10.6. The van der Waals surface area contributed by atoms with Crippen molar-refractivity contribution in [3.63, 3.8) is 0 Å². The zero-order valence-electron chi connectivity index (χ0n) is 13.8. The number of hydrogen-bond acceptors (Lipinski definition) is 2. The monoisotopic (exact) mass is 369 g/mol. The van der Waals surface area contributed by atoms with E-state index in [-0.39, 0.29) is 23.7 Å². The van der Waals surface area contributed by atoms with E-state index in [9.17, 15) is 14.7 Å². The van der Waals surface area contributed by atoms with Gasteiger partial charge in [0.15, 0.2) is 0 Å². The zero-order chi connectivity index (χ0) is 17.6. The van der Waals surface area contributed by atoms with Crippen LogP contribution in [0, 0.1) is 17.3 Å². The lowest BCUT2D eigenvalue weighted by Crippen LogP contribution is -2.41. The fourth-order valence-electron chi connectivity index (χ4n) is 3.77. The first-order valence-corrected chi connectivity index (χ1v) is 8.99. The highest BCUT2D eigenvalue weighted by molar-refractivity contribution is 6.42. The Balaban J connectivity index is 1.71. The minimum absolute atomic E-state index is 0.00910. The highest BCUT2D eigenvalue weighted by Crippen LogP contribution is 2.52. The maximum Gasteiger partial charge on any atom is 0.311 e. The molecule has 1 saturated heterocycles. The Kier molecular flexibility index (Phi) is 4.56. The van der Waals surface area contributed by atoms with Gasteiger partial charge in [-0.05, 0) is 36.3 Å². The maximum absolute atomic E-state index is 12.8. The van der Waals surface area contributed by atoms with Crippen LogP contribution < -0.4 is 0 Å². The van der Waals surface area contributed by atoms with Crippen LogP contribution in [0.2, 0.25) is 10.0 Å². The highest BCUT2D eigenvalue weighted by Gasteiger charge is 2.53. The Bertz CT molecular complexity index is 691. The second-order valence-electron chi connectivity index (χ2n) is 7.22. The molecule has 0 aromatic heterocycles. The molecule has 1 aromatic carbocycles. The molecule has 6 heteroatoms. The van der Waals surface area contributed by atoms with Crippen molar-refractivity contribution in [3.05, 3.63) is 33.8 Å². The Morgan fingerprint density at radius 3 is 2.62 bits per heavy atom. The lowest BCUT2D eigenvalue weighted by Gasteiger charge is -2.28. The maximum atomic E-state index is 12.8. The molecular weight excluding hydrogens is 349 g/mol. The standard InChI is InChI=1S/C18H21Cl2NO3/c1-10(2)18(17(23)24)6-7-21(9-18)16(22)13-8-12(13)11-4-3-5-14(19)15(11)20/h3-5,10,12-13H,6-9H2,1-2H3,(H,23,24). The molecule has 0 bridgehead atoms. The summed E-state index contributed by atoms with van der Waals surface area (Å²) in [6, 6.07) is 5.48. The van der Waals surface area contributed by atoms with E-state index in [4.69, 9.17) is 23.2 Å². The molecular formula is C18H21Cl2NO3. The number of likely N-dealkylation sites (tertiary alicyclic amines) is 1. The number of carbonyl (C=O) groups excluding carboxylic acids is 1. The van der Waals surface area contributed by atoms with Gasteiger partial charge in [0.05, 0.1) is 15.5 Å². The summed E-state index contributed by atoms with van der Waals surface area (Å²) >= 11 is 12.3. The molecule has 2 fully saturated rings. The number of carbonyl (C=O) groups is 2. The number of carboxylic acids is 1. The molecule has 1 amide bonds. The van der Waals surface area contributed by atoms with Crippen LogP contribution in [-0.2, 0) is 9.59 Å². The van der Waals surface area contributed by atoms with Gasteiger partial charge in [-0.3, -0.25) is 9.59 Å². The van der Waals surface area contributed by atoms with E-state index < -0.39 is 11.4 Å². The molecule has 3 atom stereocenters. The molecule has 4 nitrogen and oxygen atoms in total. The number of amides is 1. The Hall–Kier alpha value is -1.26. The Labute approximate surface area is 151 Å². The molecule has 1 aliphatic heterocycles. The number of rotatable bonds is 4. The second kappa shape index (κ2) is 6.23. The zero-order valence-corrected chi connectivity index (χ0v) is 15.3. The van der Waals surface area contributed by atoms with Crippen LogP contribution in [0.25, 0.3) is 0 Å². The third-order valence-corrected chi connectivity index (χ3v) is 6.47. The molecule has 0 radical (unpaired) electrons. The first-order valence-electron chi connectivity index (χ1n) is 8.24. The van der Waals surface area contributed by atoms with Crippen LogP contribution in [0.1, 0.15) is 38.2 Å². The average molecular weight is 370 g/mol. The summed E-state index contributed by atoms with van der Waals surface area (Å²) < 4.78 is 0. The lowest BCUT2D eigenvalue weighted by molar-refractivity contribution is -0.151. The third-order valence-electron chi connectivity index (χ3n) is 5.63. The van der Waals surface area contributed by atoms with Crippen LogP contribution in [0.3, 0.4) is 0 Å². The molecule has 1 aliphatic carbocycles. The minimum atomic E-state index is -0.826. The van der Waals surface area contributed by atoms with Gasteiger partial charge in [0.1, 0.15) is 0 Å². The van der Waals surface area contributed by atoms with Gasteiger partial charge in [-0.25, -0.2) is 0 Å². The number of benzene rings is 1. The quantitative estimate of drug-likeness (QED) is 0.870. The average Bonchev–Trinajstić information content (AvgIpc) is 3.17. The van der Waals surface area contributed by atoms with E-state index in [0.29, 0.717) is 29.6 Å². The van der Waals surface area contributed by atoms with Crippen molar-refractivity contribution >= 4 is 35.1 Å². The molecule has 3 unspecified atom stereocenters. The highest BCUT2D eigenvalue weighted by atomic mass is 35.5. The van der Waals surface area contributed by atoms with Crippen LogP contribution in [0.5, 0.6) is 0 Å². The van der Waals surface area contributed by atoms with Crippen LogP contribution in [0.15, 0.2) is 18.2 Å². The second-order valence-corrected chi connectivity index (χ2v) is 8.00. The van der Waals surface area contributed by atoms with Gasteiger partial charge in [-0.2, -0.15) is 0 Å². The topological polar surface area (TPSA) is 57.6 Å². The molecule has 0 spiro atoms. The van der Waals surface area contributed by atoms with Gasteiger partial charge in [0.25, 0.3) is 0 Å². The fourth-order valence-corrected chi connectivity index (χ4v) is 4.22. The molecule has 1 saturated carbocycles. The largest absolute Gasteiger partial charge is 0.481 e. The first kappa shape index (κ1) is 17.6. The lowest BCUT2D eigenvalue weighted by atomic mass is 9.76. The third kappa shape index (κ3) is 2.80. The van der Waals surface area contributed by atoms with Crippen molar-refractivity contribution in [1.82, 2.24) is 4.90 Å². The summed E-state index contributed by atoms with van der Waals surface area (Å²) in [7, 11) is 0. The molecule has 24 heavy (non-hydrogen) atoms. The molecule has 130 valence electrons. The number of halogens is 2. The predicted molar refractivity (Wildman–Crippen MR) is 93.4 cm³/mol. The van der Waals surface area contributed by atoms with Crippen molar-refractivity contribution < 1.29 is 14.7 Å². The van der Waals surface area contributed by atoms with Crippen molar-refractivity contribution in [3.8, 4) is 0 Å². The normalized spacial score (nSPS) is 29.1. The number of aliphatic carboxylic acids is 1. The number of carboxylic acid groups (broad SMARTS) is 1. The molecule has 3 rings (SSSR count). The summed E-state index contributed by atoms with van der Waals surface area (Å²) in [5.41, 5.74) is 0.0865. The van der Waals surface area contributed by atoms with Crippen molar-refractivity contribution in [2.45, 2.75) is 32.6 Å². The van der Waals surface area contributed by atoms with Gasteiger partial charge in [-0.15, -0.1) is 0 Å². The SMILES string of the molecule is CC(C)C1(C(=O)O)CCN(C(=O)C2CC2c2cccc(Cl)c2Cl)C1. The van der Waals surface area contributed by atoms with Crippen molar-refractivity contribution in [2.75, 3.05) is 13.1 Å². The van der Waals surface area contributed by atoms with Gasteiger partial charge < -0.3 is 10.0 Å². The summed E-state index contributed by atoms with van der Waals surface area (Å²) in [6.07, 6.45) is 1.26. The first-order chi connectivity index (χ1) is 11.3. The van der Waals surface area contributed by atoms with Crippen LogP contribution in [0.4, 0.5) is 0 Å². The van der Waals surface area contributed by atoms with E-state index in [0.717, 1.165) is 12.0 Å². The smallest absolute Gasteiger partial charge is 0.311 e. The summed E-state index contributed by atoms with van der Waals surface area (Å²) in [4.78, 5) is 26.2. The van der Waals surface area contributed by atoms with Crippen molar-refractivity contribution in [1.29, 1.82) is 0 Å². The van der Waals surface area contributed by atoms with E-state index in [1.54, 1.807) is 11.0 Å². The summed E-state index contributed by atoms with van der Waals surface area (Å²) in [5.74, 6) is -0.802. The molecule has 1 aromatic rings. The van der Waals surface area contributed by atoms with Gasteiger partial charge >= 0.3 is 5.97 Å².